The van der Waals surface area contributed by atoms with Crippen LogP contribution in [0.1, 0.15) is 0 Å². The number of furan rings is 1. The summed E-state index contributed by atoms with van der Waals surface area (Å²) >= 11 is 6.07. The average molecular weight is 331 g/mol. The van der Waals surface area contributed by atoms with Gasteiger partial charge in [-0.05, 0) is 35.0 Å². The second kappa shape index (κ2) is 5.05. The fourth-order valence-electron chi connectivity index (χ4n) is 3.01. The first-order valence-corrected chi connectivity index (χ1v) is 8.00. The van der Waals surface area contributed by atoms with E-state index >= 15 is 0 Å². The van der Waals surface area contributed by atoms with Crippen molar-refractivity contribution < 1.29 is 4.42 Å². The van der Waals surface area contributed by atoms with Gasteiger partial charge in [-0.3, -0.25) is 0 Å². The van der Waals surface area contributed by atoms with Crippen molar-refractivity contribution in [3.63, 3.8) is 0 Å². The predicted molar refractivity (Wildman–Crippen MR) is 97.3 cm³/mol. The lowest BCUT2D eigenvalue weighted by Gasteiger charge is -2.00. The molecule has 2 aromatic heterocycles. The number of halogens is 1. The van der Waals surface area contributed by atoms with E-state index in [0.717, 1.165) is 38.5 Å². The number of benzene rings is 3. The molecule has 0 unspecified atom stereocenters. The van der Waals surface area contributed by atoms with Crippen molar-refractivity contribution in [3.8, 4) is 11.3 Å². The minimum absolute atomic E-state index is 0.540. The molecule has 5 rings (SSSR count). The minimum Gasteiger partial charge on any atom is -0.436 e. The van der Waals surface area contributed by atoms with Crippen molar-refractivity contribution in [2.24, 2.45) is 0 Å². The highest BCUT2D eigenvalue weighted by atomic mass is 35.5. The van der Waals surface area contributed by atoms with Crippen LogP contribution in [0, 0.1) is 0 Å². The van der Waals surface area contributed by atoms with Crippen molar-refractivity contribution in [3.05, 3.63) is 71.9 Å². The third-order valence-electron chi connectivity index (χ3n) is 4.17. The van der Waals surface area contributed by atoms with Crippen LogP contribution >= 0.6 is 11.6 Å². The molecule has 0 atom stereocenters. The number of rotatable bonds is 1. The Morgan fingerprint density at radius 3 is 2.54 bits per heavy atom. The van der Waals surface area contributed by atoms with E-state index < -0.39 is 0 Å². The van der Waals surface area contributed by atoms with Crippen molar-refractivity contribution in [1.29, 1.82) is 0 Å². The van der Waals surface area contributed by atoms with E-state index in [1.54, 1.807) is 6.20 Å². The number of aromatic nitrogens is 2. The Balaban J connectivity index is 1.78. The maximum atomic E-state index is 6.07. The summed E-state index contributed by atoms with van der Waals surface area (Å²) < 4.78 is 5.95. The molecule has 0 amide bonds. The van der Waals surface area contributed by atoms with Crippen LogP contribution in [0.2, 0.25) is 5.02 Å². The quantitative estimate of drug-likeness (QED) is 0.387. The Morgan fingerprint density at radius 2 is 1.71 bits per heavy atom. The van der Waals surface area contributed by atoms with Gasteiger partial charge in [-0.25, -0.2) is 9.97 Å². The summed E-state index contributed by atoms with van der Waals surface area (Å²) in [5.41, 5.74) is 3.78. The minimum atomic E-state index is 0.540. The summed E-state index contributed by atoms with van der Waals surface area (Å²) in [7, 11) is 0. The fraction of sp³-hybridized carbons (Fsp3) is 0. The molecule has 3 aromatic carbocycles. The smallest absolute Gasteiger partial charge is 0.246 e. The van der Waals surface area contributed by atoms with Crippen LogP contribution in [0.3, 0.4) is 0 Å². The van der Waals surface area contributed by atoms with Crippen LogP contribution in [0.5, 0.6) is 0 Å². The van der Waals surface area contributed by atoms with Crippen LogP contribution in [0.15, 0.2) is 71.3 Å². The molecule has 5 aromatic rings. The molecule has 4 heteroatoms. The molecule has 0 saturated heterocycles. The predicted octanol–water partition coefficient (Wildman–Crippen LogP) is 5.85. The molecule has 3 nitrogen and oxygen atoms in total. The first-order chi connectivity index (χ1) is 11.8. The lowest BCUT2D eigenvalue weighted by atomic mass is 10.1. The zero-order valence-electron chi connectivity index (χ0n) is 12.5. The van der Waals surface area contributed by atoms with Gasteiger partial charge in [-0.2, -0.15) is 0 Å². The SMILES string of the molecule is Clc1cccc(-c2cnc3c(n2)oc2cc4ccccc4cc23)c1. The van der Waals surface area contributed by atoms with E-state index in [0.29, 0.717) is 10.7 Å². The van der Waals surface area contributed by atoms with Gasteiger partial charge < -0.3 is 4.42 Å². The summed E-state index contributed by atoms with van der Waals surface area (Å²) in [6.07, 6.45) is 1.76. The third kappa shape index (κ3) is 2.06. The van der Waals surface area contributed by atoms with Gasteiger partial charge in [0.1, 0.15) is 11.1 Å². The molecule has 0 N–H and O–H groups in total. The lowest BCUT2D eigenvalue weighted by molar-refractivity contribution is 0.654. The van der Waals surface area contributed by atoms with Gasteiger partial charge in [0.2, 0.25) is 5.71 Å². The van der Waals surface area contributed by atoms with E-state index in [1.807, 2.05) is 42.5 Å². The third-order valence-corrected chi connectivity index (χ3v) is 4.41. The Hall–Kier alpha value is -2.91. The van der Waals surface area contributed by atoms with Gasteiger partial charge >= 0.3 is 0 Å². The second-order valence-electron chi connectivity index (χ2n) is 5.72. The highest BCUT2D eigenvalue weighted by molar-refractivity contribution is 6.30. The molecule has 0 radical (unpaired) electrons. The highest BCUT2D eigenvalue weighted by Gasteiger charge is 2.12. The molecule has 0 fully saturated rings. The summed E-state index contributed by atoms with van der Waals surface area (Å²) in [6.45, 7) is 0. The van der Waals surface area contributed by atoms with Crippen LogP contribution in [-0.4, -0.2) is 9.97 Å². The van der Waals surface area contributed by atoms with Crippen molar-refractivity contribution >= 4 is 44.6 Å². The van der Waals surface area contributed by atoms with Gasteiger partial charge in [0.05, 0.1) is 11.9 Å². The van der Waals surface area contributed by atoms with E-state index in [2.05, 4.69) is 28.2 Å². The summed E-state index contributed by atoms with van der Waals surface area (Å²) in [5.74, 6) is 0. The van der Waals surface area contributed by atoms with Crippen LogP contribution in [0.25, 0.3) is 44.2 Å². The topological polar surface area (TPSA) is 38.9 Å². The molecule has 0 spiro atoms. The summed E-state index contributed by atoms with van der Waals surface area (Å²) in [6, 6.07) is 19.9. The Morgan fingerprint density at radius 1 is 0.875 bits per heavy atom. The van der Waals surface area contributed by atoms with Gasteiger partial charge in [-0.15, -0.1) is 0 Å². The number of fused-ring (bicyclic) bond motifs is 4. The molecule has 0 saturated carbocycles. The zero-order valence-corrected chi connectivity index (χ0v) is 13.3. The van der Waals surface area contributed by atoms with Gasteiger partial charge in [0.25, 0.3) is 0 Å². The number of nitrogens with zero attached hydrogens (tertiary/aromatic N) is 2. The molecule has 0 aliphatic carbocycles. The zero-order chi connectivity index (χ0) is 16.1. The van der Waals surface area contributed by atoms with Crippen LogP contribution in [-0.2, 0) is 0 Å². The molecule has 0 aliphatic heterocycles. The Labute approximate surface area is 142 Å². The van der Waals surface area contributed by atoms with Crippen molar-refractivity contribution in [2.45, 2.75) is 0 Å². The van der Waals surface area contributed by atoms with E-state index in [4.69, 9.17) is 16.0 Å². The molecule has 114 valence electrons. The first kappa shape index (κ1) is 13.5. The Bertz CT molecular complexity index is 1230. The number of hydrogen-bond acceptors (Lipinski definition) is 3. The summed E-state index contributed by atoms with van der Waals surface area (Å²) in [4.78, 5) is 9.21. The maximum absolute atomic E-state index is 6.07. The fourth-order valence-corrected chi connectivity index (χ4v) is 3.20. The highest BCUT2D eigenvalue weighted by Crippen LogP contribution is 2.31. The van der Waals surface area contributed by atoms with Crippen LogP contribution in [0.4, 0.5) is 0 Å². The molecule has 24 heavy (non-hydrogen) atoms. The molecule has 0 bridgehead atoms. The second-order valence-corrected chi connectivity index (χ2v) is 6.15. The van der Waals surface area contributed by atoms with Crippen molar-refractivity contribution in [1.82, 2.24) is 9.97 Å². The standard InChI is InChI=1S/C20H11ClN2O/c21-15-7-3-6-14(8-15)17-11-22-19-16-9-12-4-1-2-5-13(12)10-18(16)24-20(19)23-17/h1-11H. The molecular weight excluding hydrogens is 320 g/mol. The summed E-state index contributed by atoms with van der Waals surface area (Å²) in [5, 5.41) is 3.95. The molecule has 0 aliphatic rings. The van der Waals surface area contributed by atoms with Gasteiger partial charge in [0.15, 0.2) is 0 Å². The van der Waals surface area contributed by atoms with Crippen molar-refractivity contribution in [2.75, 3.05) is 0 Å². The normalized spacial score (nSPS) is 11.5. The first-order valence-electron chi connectivity index (χ1n) is 7.62. The van der Waals surface area contributed by atoms with E-state index in [-0.39, 0.29) is 0 Å². The maximum Gasteiger partial charge on any atom is 0.246 e. The Kier molecular flexibility index (Phi) is 2.84. The van der Waals surface area contributed by atoms with Gasteiger partial charge in [0, 0.05) is 16.0 Å². The largest absolute Gasteiger partial charge is 0.436 e. The monoisotopic (exact) mass is 330 g/mol. The lowest BCUT2D eigenvalue weighted by Crippen LogP contribution is -1.86. The molecule has 2 heterocycles. The average Bonchev–Trinajstić information content (AvgIpc) is 2.96. The molecular formula is C20H11ClN2O. The number of hydrogen-bond donors (Lipinski definition) is 0. The van der Waals surface area contributed by atoms with Crippen LogP contribution < -0.4 is 0 Å². The van der Waals surface area contributed by atoms with E-state index in [9.17, 15) is 0 Å². The van der Waals surface area contributed by atoms with Gasteiger partial charge in [-0.1, -0.05) is 48.0 Å². The van der Waals surface area contributed by atoms with E-state index in [1.165, 1.54) is 0 Å².